The SMILES string of the molecule is O=C(CCc1ccoc1)N[C@@H]1CC[C@@]2(O)[C@H]3Cc4ccc(O)c5c4[C@@]2(CCN3CC2CC2)[C@H]1O5. The van der Waals surface area contributed by atoms with Gasteiger partial charge in [-0.15, -0.1) is 0 Å². The third kappa shape index (κ3) is 2.80. The molecule has 3 heterocycles. The maximum atomic E-state index is 12.9. The smallest absolute Gasteiger partial charge is 0.220 e. The van der Waals surface area contributed by atoms with Crippen LogP contribution < -0.4 is 10.1 Å². The molecular formula is C27H32N2O5. The number of aromatic hydroxyl groups is 1. The van der Waals surface area contributed by atoms with Crippen LogP contribution in [0, 0.1) is 5.92 Å². The summed E-state index contributed by atoms with van der Waals surface area (Å²) in [5, 5.41) is 26.4. The maximum Gasteiger partial charge on any atom is 0.220 e. The van der Waals surface area contributed by atoms with E-state index in [1.54, 1.807) is 18.6 Å². The van der Waals surface area contributed by atoms with Crippen molar-refractivity contribution in [3.05, 3.63) is 47.4 Å². The van der Waals surface area contributed by atoms with Crippen LogP contribution in [0.1, 0.15) is 55.2 Å². The largest absolute Gasteiger partial charge is 0.504 e. The van der Waals surface area contributed by atoms with Gasteiger partial charge in [-0.2, -0.15) is 0 Å². The first-order valence-electron chi connectivity index (χ1n) is 12.8. The number of furan rings is 1. The minimum Gasteiger partial charge on any atom is -0.504 e. The van der Waals surface area contributed by atoms with Gasteiger partial charge < -0.3 is 24.7 Å². The number of phenolic OH excluding ortho intramolecular Hbond substituents is 1. The number of phenols is 1. The molecule has 5 atom stereocenters. The summed E-state index contributed by atoms with van der Waals surface area (Å²) >= 11 is 0. The third-order valence-corrected chi connectivity index (χ3v) is 9.33. The van der Waals surface area contributed by atoms with E-state index in [2.05, 4.69) is 10.2 Å². The number of nitrogens with one attached hydrogen (secondary N) is 1. The number of rotatable bonds is 6. The van der Waals surface area contributed by atoms with Crippen molar-refractivity contribution in [3.8, 4) is 11.5 Å². The molecule has 1 aromatic carbocycles. The number of likely N-dealkylation sites (tertiary alicyclic amines) is 1. The fraction of sp³-hybridized carbons (Fsp3) is 0.593. The number of nitrogens with zero attached hydrogens (tertiary/aromatic N) is 1. The number of amides is 1. The first kappa shape index (κ1) is 20.8. The molecule has 2 saturated carbocycles. The highest BCUT2D eigenvalue weighted by Crippen LogP contribution is 2.65. The van der Waals surface area contributed by atoms with E-state index in [9.17, 15) is 15.0 Å². The van der Waals surface area contributed by atoms with E-state index >= 15 is 0 Å². The molecule has 0 radical (unpaired) electrons. The molecule has 3 fully saturated rings. The number of hydrogen-bond acceptors (Lipinski definition) is 6. The van der Waals surface area contributed by atoms with Crippen molar-refractivity contribution in [1.29, 1.82) is 0 Å². The number of carbonyl (C=O) groups is 1. The van der Waals surface area contributed by atoms with Crippen molar-refractivity contribution >= 4 is 5.91 Å². The van der Waals surface area contributed by atoms with Crippen LogP contribution in [0.15, 0.2) is 35.1 Å². The molecule has 0 unspecified atom stereocenters. The molecule has 7 heteroatoms. The Labute approximate surface area is 199 Å². The minimum absolute atomic E-state index is 0.0180. The van der Waals surface area contributed by atoms with Gasteiger partial charge >= 0.3 is 0 Å². The van der Waals surface area contributed by atoms with Crippen LogP contribution in [-0.2, 0) is 23.1 Å². The van der Waals surface area contributed by atoms with Gasteiger partial charge in [0.25, 0.3) is 0 Å². The highest BCUT2D eigenvalue weighted by Gasteiger charge is 2.73. The van der Waals surface area contributed by atoms with Crippen LogP contribution in [-0.4, -0.2) is 57.9 Å². The molecule has 34 heavy (non-hydrogen) atoms. The van der Waals surface area contributed by atoms with Crippen LogP contribution in [0.25, 0.3) is 0 Å². The van der Waals surface area contributed by atoms with E-state index in [0.29, 0.717) is 31.4 Å². The van der Waals surface area contributed by atoms with Crippen LogP contribution in [0.2, 0.25) is 0 Å². The lowest BCUT2D eigenvalue weighted by molar-refractivity contribution is -0.192. The quantitative estimate of drug-likeness (QED) is 0.609. The number of ether oxygens (including phenoxy) is 1. The minimum atomic E-state index is -0.922. The zero-order valence-corrected chi connectivity index (χ0v) is 19.3. The summed E-state index contributed by atoms with van der Waals surface area (Å²) in [5.74, 6) is 1.40. The summed E-state index contributed by atoms with van der Waals surface area (Å²) in [6, 6.07) is 5.47. The molecule has 7 nitrogen and oxygen atoms in total. The second-order valence-electron chi connectivity index (χ2n) is 11.1. The van der Waals surface area contributed by atoms with Crippen molar-refractivity contribution < 1.29 is 24.2 Å². The molecule has 180 valence electrons. The summed E-state index contributed by atoms with van der Waals surface area (Å²) in [6.07, 6.45) is 9.35. The fourth-order valence-corrected chi connectivity index (χ4v) is 7.60. The van der Waals surface area contributed by atoms with E-state index in [-0.39, 0.29) is 29.8 Å². The molecule has 2 bridgehead atoms. The Bertz CT molecular complexity index is 1130. The number of aliphatic hydroxyl groups is 1. The van der Waals surface area contributed by atoms with E-state index in [1.807, 2.05) is 12.1 Å². The van der Waals surface area contributed by atoms with E-state index < -0.39 is 11.0 Å². The second kappa shape index (κ2) is 7.25. The Morgan fingerprint density at radius 1 is 1.21 bits per heavy atom. The van der Waals surface area contributed by atoms with Crippen molar-refractivity contribution in [2.75, 3.05) is 13.1 Å². The number of carbonyl (C=O) groups excluding carboxylic acids is 1. The Kier molecular flexibility index (Phi) is 4.44. The van der Waals surface area contributed by atoms with Gasteiger partial charge in [0, 0.05) is 24.6 Å². The zero-order valence-electron chi connectivity index (χ0n) is 19.3. The van der Waals surface area contributed by atoms with Gasteiger partial charge in [-0.1, -0.05) is 6.07 Å². The third-order valence-electron chi connectivity index (χ3n) is 9.33. The normalized spacial score (nSPS) is 35.5. The molecule has 1 saturated heterocycles. The van der Waals surface area contributed by atoms with Crippen LogP contribution in [0.5, 0.6) is 11.5 Å². The standard InChI is InChI=1S/C27H32N2O5/c30-20-5-4-18-13-21-27(32)9-7-19(28-22(31)6-3-17-8-12-33-15-17)25-26(27,23(18)24(20)34-25)10-11-29(21)14-16-1-2-16/h4-5,8,12,15-16,19,21,25,30,32H,1-3,6-7,9-11,13-14H2,(H,28,31)/t19-,21-,25+,26+,27-/m1/s1. The molecule has 2 aliphatic heterocycles. The van der Waals surface area contributed by atoms with Gasteiger partial charge in [-0.05, 0) is 80.7 Å². The number of aryl methyl sites for hydroxylation is 1. The number of benzene rings is 1. The lowest BCUT2D eigenvalue weighted by Crippen LogP contribution is -2.78. The molecule has 2 aromatic rings. The maximum absolute atomic E-state index is 12.9. The molecular weight excluding hydrogens is 432 g/mol. The molecule has 5 aliphatic rings. The van der Waals surface area contributed by atoms with Crippen LogP contribution in [0.3, 0.4) is 0 Å². The average molecular weight is 465 g/mol. The predicted octanol–water partition coefficient (Wildman–Crippen LogP) is 2.67. The number of hydrogen-bond donors (Lipinski definition) is 3. The van der Waals surface area contributed by atoms with Gasteiger partial charge in [0.05, 0.1) is 29.6 Å². The summed E-state index contributed by atoms with van der Waals surface area (Å²) in [6.45, 7) is 1.97. The van der Waals surface area contributed by atoms with Gasteiger partial charge in [0.1, 0.15) is 6.10 Å². The summed E-state index contributed by atoms with van der Waals surface area (Å²) in [4.78, 5) is 15.4. The van der Waals surface area contributed by atoms with Gasteiger partial charge in [-0.25, -0.2) is 0 Å². The highest BCUT2D eigenvalue weighted by atomic mass is 16.5. The molecule has 3 aliphatic carbocycles. The zero-order chi connectivity index (χ0) is 23.1. The summed E-state index contributed by atoms with van der Waals surface area (Å²) in [5.41, 5.74) is 1.66. The van der Waals surface area contributed by atoms with Crippen molar-refractivity contribution in [2.45, 2.75) is 80.6 Å². The van der Waals surface area contributed by atoms with E-state index in [0.717, 1.165) is 43.0 Å². The fourth-order valence-electron chi connectivity index (χ4n) is 7.60. The Hall–Kier alpha value is -2.51. The van der Waals surface area contributed by atoms with Crippen molar-refractivity contribution in [1.82, 2.24) is 10.2 Å². The first-order chi connectivity index (χ1) is 16.5. The lowest BCUT2D eigenvalue weighted by atomic mass is 9.48. The topological polar surface area (TPSA) is 95.2 Å². The van der Waals surface area contributed by atoms with Gasteiger partial charge in [0.2, 0.25) is 5.91 Å². The highest BCUT2D eigenvalue weighted by molar-refractivity contribution is 5.77. The Morgan fingerprint density at radius 3 is 2.88 bits per heavy atom. The average Bonchev–Trinajstić information content (AvgIpc) is 3.33. The van der Waals surface area contributed by atoms with Crippen molar-refractivity contribution in [2.24, 2.45) is 5.92 Å². The van der Waals surface area contributed by atoms with Gasteiger partial charge in [-0.3, -0.25) is 9.69 Å². The van der Waals surface area contributed by atoms with Crippen LogP contribution in [0.4, 0.5) is 0 Å². The molecule has 1 aromatic heterocycles. The monoisotopic (exact) mass is 464 g/mol. The Morgan fingerprint density at radius 2 is 2.09 bits per heavy atom. The predicted molar refractivity (Wildman–Crippen MR) is 124 cm³/mol. The van der Waals surface area contributed by atoms with Gasteiger partial charge in [0.15, 0.2) is 11.5 Å². The van der Waals surface area contributed by atoms with E-state index in [4.69, 9.17) is 9.15 Å². The molecule has 1 spiro atoms. The van der Waals surface area contributed by atoms with Crippen molar-refractivity contribution in [3.63, 3.8) is 0 Å². The molecule has 1 amide bonds. The Balaban J connectivity index is 1.22. The summed E-state index contributed by atoms with van der Waals surface area (Å²) in [7, 11) is 0. The van der Waals surface area contributed by atoms with E-state index in [1.165, 1.54) is 18.4 Å². The first-order valence-corrected chi connectivity index (χ1v) is 12.8. The lowest BCUT2D eigenvalue weighted by Gasteiger charge is -2.64. The molecule has 7 rings (SSSR count). The number of piperidine rings is 1. The van der Waals surface area contributed by atoms with Crippen LogP contribution >= 0.6 is 0 Å². The summed E-state index contributed by atoms with van der Waals surface area (Å²) < 4.78 is 11.6. The second-order valence-corrected chi connectivity index (χ2v) is 11.1. The molecule has 3 N–H and O–H groups in total.